The number of pyridine rings is 1. The zero-order valence-electron chi connectivity index (χ0n) is 8.84. The van der Waals surface area contributed by atoms with Gasteiger partial charge >= 0.3 is 0 Å². The van der Waals surface area contributed by atoms with Crippen LogP contribution >= 0.6 is 11.3 Å². The van der Waals surface area contributed by atoms with Crippen LogP contribution in [0.2, 0.25) is 0 Å². The number of nitrogens with two attached hydrogens (primary N) is 1. The average Bonchev–Trinajstić information content (AvgIpc) is 2.87. The van der Waals surface area contributed by atoms with E-state index in [1.54, 1.807) is 11.3 Å². The van der Waals surface area contributed by atoms with Gasteiger partial charge in [0.2, 0.25) is 0 Å². The van der Waals surface area contributed by atoms with Gasteiger partial charge in [0.25, 0.3) is 0 Å². The number of aromatic nitrogens is 2. The summed E-state index contributed by atoms with van der Waals surface area (Å²) in [6.07, 6.45) is 2.01. The maximum atomic E-state index is 6.11. The monoisotopic (exact) mass is 229 g/mol. The Morgan fingerprint density at radius 3 is 2.94 bits per heavy atom. The molecule has 0 aliphatic heterocycles. The highest BCUT2D eigenvalue weighted by Crippen LogP contribution is 2.29. The van der Waals surface area contributed by atoms with Gasteiger partial charge in [0.15, 0.2) is 0 Å². The third kappa shape index (κ3) is 1.31. The third-order valence-electron chi connectivity index (χ3n) is 2.56. The first-order valence-electron chi connectivity index (χ1n) is 5.04. The van der Waals surface area contributed by atoms with Crippen molar-refractivity contribution in [3.8, 4) is 10.6 Å². The smallest absolute Gasteiger partial charge is 0.139 e. The number of thiophene rings is 1. The van der Waals surface area contributed by atoms with Crippen molar-refractivity contribution in [1.29, 1.82) is 0 Å². The summed E-state index contributed by atoms with van der Waals surface area (Å²) in [4.78, 5) is 5.65. The van der Waals surface area contributed by atoms with Crippen molar-refractivity contribution in [2.75, 3.05) is 5.73 Å². The number of hydrogen-bond acceptors (Lipinski definition) is 3. The van der Waals surface area contributed by atoms with Gasteiger partial charge in [-0.2, -0.15) is 0 Å². The second-order valence-corrected chi connectivity index (χ2v) is 4.71. The fraction of sp³-hybridized carbons (Fsp3) is 0.0833. The van der Waals surface area contributed by atoms with E-state index in [2.05, 4.69) is 4.98 Å². The third-order valence-corrected chi connectivity index (χ3v) is 3.43. The van der Waals surface area contributed by atoms with Crippen LogP contribution in [-0.4, -0.2) is 9.38 Å². The average molecular weight is 229 g/mol. The van der Waals surface area contributed by atoms with Gasteiger partial charge in [-0.15, -0.1) is 11.3 Å². The topological polar surface area (TPSA) is 43.3 Å². The molecular formula is C12H11N3S. The van der Waals surface area contributed by atoms with Crippen LogP contribution in [0.1, 0.15) is 5.56 Å². The van der Waals surface area contributed by atoms with E-state index in [0.29, 0.717) is 5.82 Å². The molecule has 80 valence electrons. The lowest BCUT2D eigenvalue weighted by molar-refractivity contribution is 1.16. The quantitative estimate of drug-likeness (QED) is 0.697. The van der Waals surface area contributed by atoms with E-state index in [1.165, 1.54) is 5.56 Å². The summed E-state index contributed by atoms with van der Waals surface area (Å²) in [5, 5.41) is 2.03. The predicted octanol–water partition coefficient (Wildman–Crippen LogP) is 2.95. The van der Waals surface area contributed by atoms with Crippen LogP contribution in [0.25, 0.3) is 16.2 Å². The molecule has 0 aromatic carbocycles. The summed E-state index contributed by atoms with van der Waals surface area (Å²) in [5.41, 5.74) is 9.05. The lowest BCUT2D eigenvalue weighted by Crippen LogP contribution is -1.93. The summed E-state index contributed by atoms with van der Waals surface area (Å²) in [5.74, 6) is 0.709. The van der Waals surface area contributed by atoms with Crippen molar-refractivity contribution < 1.29 is 0 Å². The summed E-state index contributed by atoms with van der Waals surface area (Å²) in [6.45, 7) is 2.05. The molecule has 4 heteroatoms. The summed E-state index contributed by atoms with van der Waals surface area (Å²) in [7, 11) is 0. The van der Waals surface area contributed by atoms with Gasteiger partial charge in [-0.1, -0.05) is 12.1 Å². The lowest BCUT2D eigenvalue weighted by atomic mass is 10.3. The van der Waals surface area contributed by atoms with E-state index < -0.39 is 0 Å². The van der Waals surface area contributed by atoms with E-state index in [0.717, 1.165) is 16.2 Å². The Hall–Kier alpha value is -1.81. The molecule has 0 atom stereocenters. The molecule has 2 N–H and O–H groups in total. The molecule has 0 unspecified atom stereocenters. The molecule has 3 heterocycles. The van der Waals surface area contributed by atoms with E-state index >= 15 is 0 Å². The molecule has 3 rings (SSSR count). The van der Waals surface area contributed by atoms with E-state index in [4.69, 9.17) is 5.73 Å². The molecule has 0 saturated heterocycles. The van der Waals surface area contributed by atoms with Crippen molar-refractivity contribution in [3.63, 3.8) is 0 Å². The molecular weight excluding hydrogens is 218 g/mol. The molecule has 0 aliphatic rings. The molecule has 3 nitrogen and oxygen atoms in total. The van der Waals surface area contributed by atoms with Crippen LogP contribution in [0.4, 0.5) is 5.82 Å². The van der Waals surface area contributed by atoms with Crippen LogP contribution < -0.4 is 5.73 Å². The first kappa shape index (κ1) is 9.42. The minimum Gasteiger partial charge on any atom is -0.383 e. The van der Waals surface area contributed by atoms with Crippen molar-refractivity contribution in [3.05, 3.63) is 41.4 Å². The second kappa shape index (κ2) is 3.35. The largest absolute Gasteiger partial charge is 0.383 e. The van der Waals surface area contributed by atoms with E-state index in [1.807, 2.05) is 47.2 Å². The molecule has 0 saturated carbocycles. The van der Waals surface area contributed by atoms with Gasteiger partial charge < -0.3 is 5.73 Å². The zero-order valence-corrected chi connectivity index (χ0v) is 9.66. The van der Waals surface area contributed by atoms with Crippen molar-refractivity contribution in [2.24, 2.45) is 0 Å². The van der Waals surface area contributed by atoms with Crippen LogP contribution in [0.3, 0.4) is 0 Å². The second-order valence-electron chi connectivity index (χ2n) is 3.76. The molecule has 0 amide bonds. The summed E-state index contributed by atoms with van der Waals surface area (Å²) >= 11 is 1.65. The number of fused-ring (bicyclic) bond motifs is 1. The van der Waals surface area contributed by atoms with Gasteiger partial charge in [0, 0.05) is 6.20 Å². The summed E-state index contributed by atoms with van der Waals surface area (Å²) < 4.78 is 1.93. The molecule has 16 heavy (non-hydrogen) atoms. The first-order chi connectivity index (χ1) is 7.75. The number of rotatable bonds is 1. The number of aryl methyl sites for hydroxylation is 1. The Kier molecular flexibility index (Phi) is 1.97. The Bertz CT molecular complexity index is 638. The Morgan fingerprint density at radius 2 is 2.19 bits per heavy atom. The highest BCUT2D eigenvalue weighted by atomic mass is 32.1. The van der Waals surface area contributed by atoms with Crippen LogP contribution in [-0.2, 0) is 0 Å². The normalized spacial score (nSPS) is 11.1. The van der Waals surface area contributed by atoms with Crippen LogP contribution in [0.5, 0.6) is 0 Å². The minimum absolute atomic E-state index is 0.709. The molecule has 0 radical (unpaired) electrons. The van der Waals surface area contributed by atoms with E-state index in [9.17, 15) is 0 Å². The zero-order chi connectivity index (χ0) is 11.1. The number of imidazole rings is 1. The van der Waals surface area contributed by atoms with Gasteiger partial charge in [-0.3, -0.25) is 4.40 Å². The highest BCUT2D eigenvalue weighted by Gasteiger charge is 2.11. The van der Waals surface area contributed by atoms with Gasteiger partial charge in [-0.25, -0.2) is 4.98 Å². The van der Waals surface area contributed by atoms with E-state index in [-0.39, 0.29) is 0 Å². The number of hydrogen-bond donors (Lipinski definition) is 1. The Balaban J connectivity index is 2.32. The standard InChI is InChI=1S/C12H11N3S/c1-8-4-5-10-14-11(9-3-2-6-16-9)12(13)15(10)7-8/h2-7H,13H2,1H3. The first-order valence-corrected chi connectivity index (χ1v) is 5.92. The molecule has 0 bridgehead atoms. The maximum absolute atomic E-state index is 6.11. The fourth-order valence-electron chi connectivity index (χ4n) is 1.76. The van der Waals surface area contributed by atoms with Crippen molar-refractivity contribution in [1.82, 2.24) is 9.38 Å². The van der Waals surface area contributed by atoms with Crippen molar-refractivity contribution >= 4 is 22.8 Å². The van der Waals surface area contributed by atoms with Gasteiger partial charge in [0.05, 0.1) is 4.88 Å². The highest BCUT2D eigenvalue weighted by molar-refractivity contribution is 7.13. The predicted molar refractivity (Wildman–Crippen MR) is 67.7 cm³/mol. The molecule has 0 fully saturated rings. The minimum atomic E-state index is 0.709. The molecule has 0 spiro atoms. The fourth-order valence-corrected chi connectivity index (χ4v) is 2.49. The maximum Gasteiger partial charge on any atom is 0.139 e. The SMILES string of the molecule is Cc1ccc2nc(-c3cccs3)c(N)n2c1. The molecule has 3 aromatic heterocycles. The van der Waals surface area contributed by atoms with Gasteiger partial charge in [-0.05, 0) is 30.0 Å². The molecule has 0 aliphatic carbocycles. The number of nitrogens with zero attached hydrogens (tertiary/aromatic N) is 2. The van der Waals surface area contributed by atoms with Crippen LogP contribution in [0.15, 0.2) is 35.8 Å². The lowest BCUT2D eigenvalue weighted by Gasteiger charge is -1.97. The number of nitrogen functional groups attached to an aromatic ring is 1. The van der Waals surface area contributed by atoms with Gasteiger partial charge in [0.1, 0.15) is 17.2 Å². The van der Waals surface area contributed by atoms with Crippen LogP contribution in [0, 0.1) is 6.92 Å². The summed E-state index contributed by atoms with van der Waals surface area (Å²) in [6, 6.07) is 8.08. The number of anilines is 1. The molecule has 3 aromatic rings. The Labute approximate surface area is 97.2 Å². The van der Waals surface area contributed by atoms with Crippen molar-refractivity contribution in [2.45, 2.75) is 6.92 Å². The Morgan fingerprint density at radius 1 is 1.31 bits per heavy atom.